The highest BCUT2D eigenvalue weighted by Crippen LogP contribution is 2.10. The zero-order valence-corrected chi connectivity index (χ0v) is 16.1. The molecule has 0 aliphatic carbocycles. The smallest absolute Gasteiger partial charge is 0.335 e. The Morgan fingerprint density at radius 1 is 1.15 bits per heavy atom. The van der Waals surface area contributed by atoms with Gasteiger partial charge in [-0.25, -0.2) is 9.78 Å². The third-order valence-electron chi connectivity index (χ3n) is 3.88. The summed E-state index contributed by atoms with van der Waals surface area (Å²) in [6.07, 6.45) is 1.69. The van der Waals surface area contributed by atoms with Gasteiger partial charge in [-0.3, -0.25) is 0 Å². The van der Waals surface area contributed by atoms with Gasteiger partial charge >= 0.3 is 5.97 Å². The summed E-state index contributed by atoms with van der Waals surface area (Å²) in [5, 5.41) is 0. The van der Waals surface area contributed by atoms with Crippen LogP contribution in [0.4, 0.5) is 5.82 Å². The maximum atomic E-state index is 11.9. The average molecular weight is 366 g/mol. The van der Waals surface area contributed by atoms with Crippen LogP contribution in [-0.2, 0) is 20.7 Å². The maximum absolute atomic E-state index is 11.9. The topological polar surface area (TPSA) is 51.7 Å². The van der Waals surface area contributed by atoms with E-state index in [-0.39, 0.29) is 5.97 Å². The Bertz CT molecular complexity index is 764. The summed E-state index contributed by atoms with van der Waals surface area (Å²) in [4.78, 5) is 18.2. The molecule has 0 aliphatic heterocycles. The summed E-state index contributed by atoms with van der Waals surface area (Å²) in [5.74, 6) is 6.88. The average Bonchev–Trinajstić information content (AvgIpc) is 2.69. The van der Waals surface area contributed by atoms with E-state index in [1.54, 1.807) is 13.1 Å². The third kappa shape index (κ3) is 6.76. The van der Waals surface area contributed by atoms with E-state index in [4.69, 9.17) is 9.47 Å². The van der Waals surface area contributed by atoms with Crippen molar-refractivity contribution >= 4 is 11.8 Å². The number of benzene rings is 1. The second-order valence-electron chi connectivity index (χ2n) is 5.94. The number of anilines is 1. The van der Waals surface area contributed by atoms with Crippen LogP contribution < -0.4 is 4.90 Å². The predicted molar refractivity (Wildman–Crippen MR) is 107 cm³/mol. The molecule has 5 heteroatoms. The zero-order valence-electron chi connectivity index (χ0n) is 16.1. The molecule has 0 aliphatic rings. The van der Waals surface area contributed by atoms with Gasteiger partial charge in [-0.15, -0.1) is 0 Å². The van der Waals surface area contributed by atoms with Crippen LogP contribution in [-0.4, -0.2) is 43.9 Å². The quantitative estimate of drug-likeness (QED) is 0.531. The normalized spacial score (nSPS) is 11.2. The van der Waals surface area contributed by atoms with Gasteiger partial charge in [0.05, 0.1) is 13.2 Å². The summed E-state index contributed by atoms with van der Waals surface area (Å²) >= 11 is 0. The van der Waals surface area contributed by atoms with Gasteiger partial charge in [0.15, 0.2) is 6.10 Å². The Morgan fingerprint density at radius 2 is 1.93 bits per heavy atom. The van der Waals surface area contributed by atoms with E-state index >= 15 is 0 Å². The molecule has 1 unspecified atom stereocenters. The molecule has 0 N–H and O–H groups in total. The summed E-state index contributed by atoms with van der Waals surface area (Å²) in [7, 11) is 1.96. The Labute approximate surface area is 161 Å². The van der Waals surface area contributed by atoms with Gasteiger partial charge in [-0.2, -0.15) is 0 Å². The minimum Gasteiger partial charge on any atom is -0.464 e. The monoisotopic (exact) mass is 366 g/mol. The summed E-state index contributed by atoms with van der Waals surface area (Å²) in [6, 6.07) is 13.7. The lowest BCUT2D eigenvalue weighted by Crippen LogP contribution is -2.28. The molecule has 1 heterocycles. The zero-order chi connectivity index (χ0) is 19.5. The largest absolute Gasteiger partial charge is 0.464 e. The first-order chi connectivity index (χ1) is 13.1. The summed E-state index contributed by atoms with van der Waals surface area (Å²) in [6.45, 7) is 5.07. The standard InChI is InChI=1S/C22H26N2O3/c1-4-26-20(22(25)27-5-2)17-19-13-11-18(12-14-19)9-8-16-24(3)21-10-6-7-15-23-21/h6-7,10-15,20H,4-5,16-17H2,1-3H3. The van der Waals surface area contributed by atoms with Gasteiger partial charge in [0.1, 0.15) is 5.82 Å². The molecular weight excluding hydrogens is 340 g/mol. The molecule has 0 saturated heterocycles. The first-order valence-corrected chi connectivity index (χ1v) is 9.12. The van der Waals surface area contributed by atoms with Gasteiger partial charge in [0.2, 0.25) is 0 Å². The maximum Gasteiger partial charge on any atom is 0.335 e. The molecule has 0 saturated carbocycles. The SMILES string of the molecule is CCOC(=O)C(Cc1ccc(C#CCN(C)c2ccccn2)cc1)OCC. The lowest BCUT2D eigenvalue weighted by Gasteiger charge is -2.15. The van der Waals surface area contributed by atoms with Crippen molar-refractivity contribution < 1.29 is 14.3 Å². The molecule has 1 atom stereocenters. The van der Waals surface area contributed by atoms with E-state index < -0.39 is 6.10 Å². The second-order valence-corrected chi connectivity index (χ2v) is 5.94. The lowest BCUT2D eigenvalue weighted by molar-refractivity contribution is -0.156. The third-order valence-corrected chi connectivity index (χ3v) is 3.88. The predicted octanol–water partition coefficient (Wildman–Crippen LogP) is 3.08. The van der Waals surface area contributed by atoms with Crippen LogP contribution in [0.5, 0.6) is 0 Å². The number of hydrogen-bond acceptors (Lipinski definition) is 5. The molecule has 1 aromatic heterocycles. The molecule has 1 aromatic carbocycles. The fraction of sp³-hybridized carbons (Fsp3) is 0.364. The van der Waals surface area contributed by atoms with Crippen molar-refractivity contribution in [1.82, 2.24) is 4.98 Å². The van der Waals surface area contributed by atoms with E-state index in [2.05, 4.69) is 16.8 Å². The lowest BCUT2D eigenvalue weighted by atomic mass is 10.1. The number of aromatic nitrogens is 1. The molecule has 5 nitrogen and oxygen atoms in total. The van der Waals surface area contributed by atoms with Crippen LogP contribution in [0.1, 0.15) is 25.0 Å². The number of ether oxygens (including phenoxy) is 2. The van der Waals surface area contributed by atoms with Crippen molar-refractivity contribution in [2.24, 2.45) is 0 Å². The van der Waals surface area contributed by atoms with Crippen molar-refractivity contribution in [2.75, 3.05) is 31.7 Å². The second kappa shape index (κ2) is 11.0. The van der Waals surface area contributed by atoms with Crippen molar-refractivity contribution in [3.05, 3.63) is 59.8 Å². The van der Waals surface area contributed by atoms with E-state index in [0.717, 1.165) is 16.9 Å². The number of nitrogens with zero attached hydrogens (tertiary/aromatic N) is 2. The molecular formula is C22H26N2O3. The Hall–Kier alpha value is -2.84. The first kappa shape index (κ1) is 20.5. The number of pyridine rings is 1. The molecule has 27 heavy (non-hydrogen) atoms. The van der Waals surface area contributed by atoms with E-state index in [9.17, 15) is 4.79 Å². The van der Waals surface area contributed by atoms with Gasteiger partial charge in [0, 0.05) is 31.8 Å². The molecule has 0 radical (unpaired) electrons. The summed E-state index contributed by atoms with van der Waals surface area (Å²) < 4.78 is 10.6. The van der Waals surface area contributed by atoms with E-state index in [0.29, 0.717) is 26.2 Å². The number of hydrogen-bond donors (Lipinski definition) is 0. The fourth-order valence-electron chi connectivity index (χ4n) is 2.51. The van der Waals surface area contributed by atoms with Crippen molar-refractivity contribution in [3.8, 4) is 11.8 Å². The minimum atomic E-state index is -0.570. The van der Waals surface area contributed by atoms with E-state index in [1.165, 1.54) is 0 Å². The number of carbonyl (C=O) groups is 1. The highest BCUT2D eigenvalue weighted by Gasteiger charge is 2.20. The van der Waals surface area contributed by atoms with Crippen LogP contribution in [0.25, 0.3) is 0 Å². The first-order valence-electron chi connectivity index (χ1n) is 9.12. The van der Waals surface area contributed by atoms with Crippen LogP contribution in [0.2, 0.25) is 0 Å². The minimum absolute atomic E-state index is 0.319. The fourth-order valence-corrected chi connectivity index (χ4v) is 2.51. The molecule has 0 amide bonds. The van der Waals surface area contributed by atoms with Crippen LogP contribution >= 0.6 is 0 Å². The number of carbonyl (C=O) groups excluding carboxylic acids is 1. The number of esters is 1. The Morgan fingerprint density at radius 3 is 2.56 bits per heavy atom. The molecule has 0 fully saturated rings. The van der Waals surface area contributed by atoms with Crippen molar-refractivity contribution in [3.63, 3.8) is 0 Å². The Balaban J connectivity index is 1.94. The van der Waals surface area contributed by atoms with Gasteiger partial charge in [-0.05, 0) is 43.7 Å². The van der Waals surface area contributed by atoms with E-state index in [1.807, 2.05) is 61.3 Å². The van der Waals surface area contributed by atoms with Gasteiger partial charge < -0.3 is 14.4 Å². The van der Waals surface area contributed by atoms with Crippen LogP contribution in [0.3, 0.4) is 0 Å². The highest BCUT2D eigenvalue weighted by atomic mass is 16.6. The van der Waals surface area contributed by atoms with Crippen molar-refractivity contribution in [2.45, 2.75) is 26.4 Å². The number of rotatable bonds is 8. The molecule has 142 valence electrons. The van der Waals surface area contributed by atoms with Crippen LogP contribution in [0.15, 0.2) is 48.7 Å². The highest BCUT2D eigenvalue weighted by molar-refractivity contribution is 5.75. The molecule has 0 bridgehead atoms. The summed E-state index contributed by atoms with van der Waals surface area (Å²) in [5.41, 5.74) is 1.94. The Kier molecular flexibility index (Phi) is 8.34. The van der Waals surface area contributed by atoms with Crippen molar-refractivity contribution in [1.29, 1.82) is 0 Å². The molecule has 2 rings (SSSR count). The van der Waals surface area contributed by atoms with Gasteiger partial charge in [0.25, 0.3) is 0 Å². The molecule has 0 spiro atoms. The van der Waals surface area contributed by atoms with Crippen LogP contribution in [0, 0.1) is 11.8 Å². The van der Waals surface area contributed by atoms with Gasteiger partial charge in [-0.1, -0.05) is 30.0 Å². The molecule has 2 aromatic rings.